The van der Waals surface area contributed by atoms with Gasteiger partial charge in [0.25, 0.3) is 5.91 Å². The molecule has 4 aromatic rings. The third kappa shape index (κ3) is 4.71. The second-order valence-corrected chi connectivity index (χ2v) is 7.62. The van der Waals surface area contributed by atoms with E-state index in [-0.39, 0.29) is 5.91 Å². The molecule has 0 aliphatic carbocycles. The zero-order chi connectivity index (χ0) is 21.8. The SMILES string of the molecule is Cc1cc(C)n(-c2ccc(C(=O)N(C)CCCc3cc(-c4ccccc4)no3)cn2)n1. The van der Waals surface area contributed by atoms with Crippen molar-refractivity contribution in [3.8, 4) is 17.1 Å². The summed E-state index contributed by atoms with van der Waals surface area (Å²) in [6.07, 6.45) is 3.10. The highest BCUT2D eigenvalue weighted by molar-refractivity contribution is 5.93. The van der Waals surface area contributed by atoms with Crippen LogP contribution in [-0.2, 0) is 6.42 Å². The molecule has 158 valence electrons. The molecule has 0 saturated carbocycles. The van der Waals surface area contributed by atoms with Gasteiger partial charge >= 0.3 is 0 Å². The minimum absolute atomic E-state index is 0.0602. The van der Waals surface area contributed by atoms with Crippen molar-refractivity contribution in [2.75, 3.05) is 13.6 Å². The third-order valence-electron chi connectivity index (χ3n) is 5.11. The number of carbonyl (C=O) groups is 1. The summed E-state index contributed by atoms with van der Waals surface area (Å²) < 4.78 is 7.21. The lowest BCUT2D eigenvalue weighted by Crippen LogP contribution is -2.28. The van der Waals surface area contributed by atoms with Crippen molar-refractivity contribution < 1.29 is 9.32 Å². The largest absolute Gasteiger partial charge is 0.361 e. The molecule has 4 rings (SSSR count). The van der Waals surface area contributed by atoms with Gasteiger partial charge in [0.15, 0.2) is 5.82 Å². The summed E-state index contributed by atoms with van der Waals surface area (Å²) in [5.74, 6) is 1.45. The van der Waals surface area contributed by atoms with Gasteiger partial charge in [-0.25, -0.2) is 9.67 Å². The Bertz CT molecular complexity index is 1160. The first-order valence-electron chi connectivity index (χ1n) is 10.3. The molecule has 0 bridgehead atoms. The van der Waals surface area contributed by atoms with Gasteiger partial charge in [-0.3, -0.25) is 4.79 Å². The quantitative estimate of drug-likeness (QED) is 0.451. The first-order chi connectivity index (χ1) is 15.0. The molecule has 1 aromatic carbocycles. The summed E-state index contributed by atoms with van der Waals surface area (Å²) in [5, 5.41) is 8.56. The number of hydrogen-bond donors (Lipinski definition) is 0. The van der Waals surface area contributed by atoms with Crippen LogP contribution in [-0.4, -0.2) is 44.3 Å². The number of rotatable bonds is 7. The van der Waals surface area contributed by atoms with Gasteiger partial charge < -0.3 is 9.42 Å². The maximum Gasteiger partial charge on any atom is 0.255 e. The zero-order valence-corrected chi connectivity index (χ0v) is 17.9. The molecular formula is C24H25N5O2. The molecule has 0 aliphatic heterocycles. The zero-order valence-electron chi connectivity index (χ0n) is 17.9. The van der Waals surface area contributed by atoms with Crippen molar-refractivity contribution in [3.63, 3.8) is 0 Å². The summed E-state index contributed by atoms with van der Waals surface area (Å²) >= 11 is 0. The van der Waals surface area contributed by atoms with E-state index in [4.69, 9.17) is 4.52 Å². The minimum Gasteiger partial charge on any atom is -0.361 e. The van der Waals surface area contributed by atoms with Gasteiger partial charge in [0, 0.05) is 43.5 Å². The molecule has 7 nitrogen and oxygen atoms in total. The highest BCUT2D eigenvalue weighted by Gasteiger charge is 2.14. The average molecular weight is 415 g/mol. The van der Waals surface area contributed by atoms with Crippen molar-refractivity contribution in [2.24, 2.45) is 0 Å². The van der Waals surface area contributed by atoms with E-state index in [2.05, 4.69) is 15.2 Å². The lowest BCUT2D eigenvalue weighted by atomic mass is 10.1. The van der Waals surface area contributed by atoms with Crippen LogP contribution in [0, 0.1) is 13.8 Å². The topological polar surface area (TPSA) is 77.0 Å². The van der Waals surface area contributed by atoms with Crippen LogP contribution in [0.3, 0.4) is 0 Å². The Hall–Kier alpha value is -3.74. The average Bonchev–Trinajstić information content (AvgIpc) is 3.40. The summed E-state index contributed by atoms with van der Waals surface area (Å²) in [6.45, 7) is 4.53. The van der Waals surface area contributed by atoms with E-state index in [1.165, 1.54) is 0 Å². The summed E-state index contributed by atoms with van der Waals surface area (Å²) in [7, 11) is 1.80. The number of benzene rings is 1. The number of pyridine rings is 1. The van der Waals surface area contributed by atoms with E-state index in [9.17, 15) is 4.79 Å². The van der Waals surface area contributed by atoms with E-state index >= 15 is 0 Å². The van der Waals surface area contributed by atoms with Gasteiger partial charge in [0.05, 0.1) is 11.3 Å². The molecule has 0 spiro atoms. The molecule has 3 aromatic heterocycles. The molecule has 7 heteroatoms. The normalized spacial score (nSPS) is 10.9. The van der Waals surface area contributed by atoms with Crippen LogP contribution in [0.1, 0.15) is 33.9 Å². The van der Waals surface area contributed by atoms with Crippen molar-refractivity contribution in [1.82, 2.24) is 24.8 Å². The van der Waals surface area contributed by atoms with Crippen LogP contribution in [0.25, 0.3) is 17.1 Å². The molecule has 0 radical (unpaired) electrons. The highest BCUT2D eigenvalue weighted by Crippen LogP contribution is 2.19. The molecule has 0 saturated heterocycles. The second kappa shape index (κ2) is 8.95. The molecule has 0 atom stereocenters. The van der Waals surface area contributed by atoms with Gasteiger partial charge in [-0.1, -0.05) is 35.5 Å². The van der Waals surface area contributed by atoms with Crippen molar-refractivity contribution >= 4 is 5.91 Å². The van der Waals surface area contributed by atoms with E-state index in [0.29, 0.717) is 24.3 Å². The van der Waals surface area contributed by atoms with Crippen LogP contribution in [0.4, 0.5) is 0 Å². The van der Waals surface area contributed by atoms with Crippen molar-refractivity contribution in [3.05, 3.63) is 83.5 Å². The number of nitrogens with zero attached hydrogens (tertiary/aromatic N) is 5. The smallest absolute Gasteiger partial charge is 0.255 e. The van der Waals surface area contributed by atoms with E-state index < -0.39 is 0 Å². The van der Waals surface area contributed by atoms with Crippen LogP contribution < -0.4 is 0 Å². The Morgan fingerprint density at radius 3 is 2.58 bits per heavy atom. The number of hydrogen-bond acceptors (Lipinski definition) is 5. The van der Waals surface area contributed by atoms with Gasteiger partial charge in [0.2, 0.25) is 0 Å². The molecule has 31 heavy (non-hydrogen) atoms. The molecule has 3 heterocycles. The van der Waals surface area contributed by atoms with Gasteiger partial charge in [-0.05, 0) is 38.5 Å². The van der Waals surface area contributed by atoms with Crippen LogP contribution >= 0.6 is 0 Å². The van der Waals surface area contributed by atoms with Crippen LogP contribution in [0.2, 0.25) is 0 Å². The first-order valence-corrected chi connectivity index (χ1v) is 10.3. The Balaban J connectivity index is 1.32. The molecule has 0 fully saturated rings. The Labute approximate surface area is 181 Å². The second-order valence-electron chi connectivity index (χ2n) is 7.62. The highest BCUT2D eigenvalue weighted by atomic mass is 16.5. The number of aromatic nitrogens is 4. The number of carbonyl (C=O) groups excluding carboxylic acids is 1. The van der Waals surface area contributed by atoms with Gasteiger partial charge in [-0.2, -0.15) is 5.10 Å². The summed E-state index contributed by atoms with van der Waals surface area (Å²) in [6, 6.07) is 17.5. The van der Waals surface area contributed by atoms with Crippen molar-refractivity contribution in [2.45, 2.75) is 26.7 Å². The Morgan fingerprint density at radius 2 is 1.90 bits per heavy atom. The Kier molecular flexibility index (Phi) is 5.93. The van der Waals surface area contributed by atoms with Crippen molar-refractivity contribution in [1.29, 1.82) is 0 Å². The minimum atomic E-state index is -0.0602. The molecule has 0 N–H and O–H groups in total. The van der Waals surface area contributed by atoms with Gasteiger partial charge in [-0.15, -0.1) is 0 Å². The third-order valence-corrected chi connectivity index (χ3v) is 5.11. The number of aryl methyl sites for hydroxylation is 3. The molecule has 1 amide bonds. The molecular weight excluding hydrogens is 390 g/mol. The van der Waals surface area contributed by atoms with Crippen LogP contribution in [0.5, 0.6) is 0 Å². The Morgan fingerprint density at radius 1 is 1.10 bits per heavy atom. The fourth-order valence-corrected chi connectivity index (χ4v) is 3.49. The van der Waals surface area contributed by atoms with E-state index in [1.807, 2.05) is 62.4 Å². The summed E-state index contributed by atoms with van der Waals surface area (Å²) in [5.41, 5.74) is 4.35. The molecule has 0 unspecified atom stereocenters. The fraction of sp³-hybridized carbons (Fsp3) is 0.250. The maximum absolute atomic E-state index is 12.7. The van der Waals surface area contributed by atoms with Crippen LogP contribution in [0.15, 0.2) is 65.3 Å². The number of amides is 1. The monoisotopic (exact) mass is 415 g/mol. The van der Waals surface area contributed by atoms with E-state index in [0.717, 1.165) is 34.8 Å². The first kappa shape index (κ1) is 20.5. The lowest BCUT2D eigenvalue weighted by Gasteiger charge is -2.16. The van der Waals surface area contributed by atoms with Gasteiger partial charge in [0.1, 0.15) is 11.5 Å². The predicted octanol–water partition coefficient (Wildman–Crippen LogP) is 4.24. The van der Waals surface area contributed by atoms with E-state index in [1.54, 1.807) is 28.9 Å². The summed E-state index contributed by atoms with van der Waals surface area (Å²) in [4.78, 5) is 18.8. The fourth-order valence-electron chi connectivity index (χ4n) is 3.49. The predicted molar refractivity (Wildman–Crippen MR) is 118 cm³/mol. The lowest BCUT2D eigenvalue weighted by molar-refractivity contribution is 0.0792. The molecule has 0 aliphatic rings. The maximum atomic E-state index is 12.7. The standard InChI is InChI=1S/C24H25N5O2/c1-17-14-18(2)29(26-17)23-12-11-20(16-25-23)24(30)28(3)13-7-10-21-15-22(27-31-21)19-8-5-4-6-9-19/h4-6,8-9,11-12,14-16H,7,10,13H2,1-3H3.